The zero-order valence-corrected chi connectivity index (χ0v) is 15.3. The Kier molecular flexibility index (Phi) is 6.75. The van der Waals surface area contributed by atoms with E-state index in [9.17, 15) is 19.4 Å². The highest BCUT2D eigenvalue weighted by molar-refractivity contribution is 6.30. The van der Waals surface area contributed by atoms with E-state index in [1.54, 1.807) is 25.1 Å². The van der Waals surface area contributed by atoms with Crippen molar-refractivity contribution >= 4 is 17.6 Å². The molecule has 4 nitrogen and oxygen atoms in total. The number of aliphatic hydroxyl groups excluding tert-OH is 1. The number of benzene rings is 2. The van der Waals surface area contributed by atoms with Crippen molar-refractivity contribution in [3.8, 4) is 11.1 Å². The minimum Gasteiger partial charge on any atom is -0.481 e. The van der Waals surface area contributed by atoms with E-state index < -0.39 is 24.0 Å². The highest BCUT2D eigenvalue weighted by Crippen LogP contribution is 2.29. The van der Waals surface area contributed by atoms with E-state index in [-0.39, 0.29) is 12.2 Å². The molecule has 0 saturated heterocycles. The van der Waals surface area contributed by atoms with Crippen molar-refractivity contribution in [1.82, 2.24) is 0 Å². The second kappa shape index (κ2) is 8.62. The van der Waals surface area contributed by atoms with Crippen molar-refractivity contribution in [2.75, 3.05) is 6.61 Å². The molecule has 2 rings (SSSR count). The van der Waals surface area contributed by atoms with Crippen LogP contribution in [0.15, 0.2) is 42.5 Å². The van der Waals surface area contributed by atoms with Crippen LogP contribution in [0.4, 0.5) is 4.39 Å². The Balaban J connectivity index is 2.11. The maximum atomic E-state index is 13.9. The molecular weight excluding hydrogens is 357 g/mol. The monoisotopic (exact) mass is 379 g/mol. The van der Waals surface area contributed by atoms with Gasteiger partial charge in [-0.1, -0.05) is 42.8 Å². The number of rotatable bonds is 8. The highest BCUT2D eigenvalue weighted by atomic mass is 35.5. The summed E-state index contributed by atoms with van der Waals surface area (Å²) in [7, 11) is 0. The first kappa shape index (κ1) is 20.4. The third kappa shape index (κ3) is 4.61. The summed E-state index contributed by atoms with van der Waals surface area (Å²) >= 11 is 5.93. The largest absolute Gasteiger partial charge is 0.481 e. The van der Waals surface area contributed by atoms with Crippen LogP contribution in [-0.2, 0) is 11.2 Å². The average molecular weight is 380 g/mol. The van der Waals surface area contributed by atoms with E-state index in [4.69, 9.17) is 17.3 Å². The molecule has 0 radical (unpaired) electrons. The first-order valence-electron chi connectivity index (χ1n) is 8.45. The van der Waals surface area contributed by atoms with Gasteiger partial charge in [0.05, 0.1) is 12.0 Å². The van der Waals surface area contributed by atoms with Crippen LogP contribution in [0.3, 0.4) is 0 Å². The van der Waals surface area contributed by atoms with Crippen molar-refractivity contribution < 1.29 is 19.4 Å². The third-order valence-electron chi connectivity index (χ3n) is 4.78. The molecule has 0 fully saturated rings. The van der Waals surface area contributed by atoms with E-state index in [0.29, 0.717) is 29.0 Å². The van der Waals surface area contributed by atoms with E-state index in [1.807, 2.05) is 12.1 Å². The minimum atomic E-state index is -1.22. The first-order valence-corrected chi connectivity index (χ1v) is 8.83. The number of carboxylic acid groups (broad SMARTS) is 1. The van der Waals surface area contributed by atoms with Crippen molar-refractivity contribution in [2.45, 2.75) is 32.2 Å². The molecule has 0 aliphatic rings. The number of halogens is 2. The molecule has 0 bridgehead atoms. The second-order valence-electron chi connectivity index (χ2n) is 6.59. The lowest BCUT2D eigenvalue weighted by atomic mass is 9.79. The molecule has 2 aromatic rings. The van der Waals surface area contributed by atoms with Gasteiger partial charge in [0.2, 0.25) is 0 Å². The zero-order valence-electron chi connectivity index (χ0n) is 14.6. The minimum absolute atomic E-state index is 0.181. The Morgan fingerprint density at radius 2 is 1.92 bits per heavy atom. The summed E-state index contributed by atoms with van der Waals surface area (Å²) in [5, 5.41) is 19.3. The summed E-state index contributed by atoms with van der Waals surface area (Å²) in [6, 6.07) is 11.2. The predicted octanol–water partition coefficient (Wildman–Crippen LogP) is 3.88. The fourth-order valence-corrected chi connectivity index (χ4v) is 3.21. The number of carbonyl (C=O) groups is 1. The predicted molar refractivity (Wildman–Crippen MR) is 101 cm³/mol. The average Bonchev–Trinajstić information content (AvgIpc) is 2.62. The summed E-state index contributed by atoms with van der Waals surface area (Å²) in [5.41, 5.74) is 6.94. The van der Waals surface area contributed by atoms with E-state index in [1.165, 1.54) is 12.1 Å². The van der Waals surface area contributed by atoms with Gasteiger partial charge in [0.15, 0.2) is 0 Å². The highest BCUT2D eigenvalue weighted by Gasteiger charge is 2.37. The molecular formula is C20H23ClFNO3. The van der Waals surface area contributed by atoms with Crippen LogP contribution in [0.1, 0.15) is 25.3 Å². The van der Waals surface area contributed by atoms with Gasteiger partial charge in [-0.3, -0.25) is 4.79 Å². The standard InChI is InChI=1S/C20H23ClFNO3/c1-2-20(12-24,19(25)26)11-16(23)9-13-3-5-14(6-4-13)17-10-15(21)7-8-18(17)22/h3-8,10,16,24H,2,9,11-12,23H2,1H3,(H,25,26)/t16?,20-/m1/s1. The topological polar surface area (TPSA) is 83.5 Å². The number of carboxylic acids is 1. The number of aliphatic carboxylic acids is 1. The van der Waals surface area contributed by atoms with Gasteiger partial charge in [-0.25, -0.2) is 4.39 Å². The third-order valence-corrected chi connectivity index (χ3v) is 5.01. The molecule has 0 heterocycles. The molecule has 0 amide bonds. The van der Waals surface area contributed by atoms with Gasteiger partial charge >= 0.3 is 5.97 Å². The van der Waals surface area contributed by atoms with Crippen LogP contribution in [0.2, 0.25) is 5.02 Å². The summed E-state index contributed by atoms with van der Waals surface area (Å²) in [6.07, 6.45) is 0.951. The van der Waals surface area contributed by atoms with Crippen LogP contribution >= 0.6 is 11.6 Å². The molecule has 0 aliphatic heterocycles. The van der Waals surface area contributed by atoms with Crippen LogP contribution in [0.5, 0.6) is 0 Å². The Labute approximate surface area is 157 Å². The van der Waals surface area contributed by atoms with Gasteiger partial charge in [-0.2, -0.15) is 0 Å². The fourth-order valence-electron chi connectivity index (χ4n) is 3.04. The van der Waals surface area contributed by atoms with Crippen LogP contribution in [0, 0.1) is 11.2 Å². The molecule has 1 unspecified atom stereocenters. The number of hydrogen-bond acceptors (Lipinski definition) is 3. The molecule has 2 aromatic carbocycles. The van der Waals surface area contributed by atoms with Crippen molar-refractivity contribution in [3.63, 3.8) is 0 Å². The number of hydrogen-bond donors (Lipinski definition) is 3. The van der Waals surface area contributed by atoms with E-state index in [0.717, 1.165) is 5.56 Å². The maximum Gasteiger partial charge on any atom is 0.312 e. The SMILES string of the molecule is CC[C@](CO)(CC(N)Cc1ccc(-c2cc(Cl)ccc2F)cc1)C(=O)O. The van der Waals surface area contributed by atoms with Crippen LogP contribution in [-0.4, -0.2) is 28.8 Å². The molecule has 6 heteroatoms. The maximum absolute atomic E-state index is 13.9. The molecule has 0 spiro atoms. The van der Waals surface area contributed by atoms with Crippen molar-refractivity contribution in [2.24, 2.45) is 11.1 Å². The molecule has 0 saturated carbocycles. The molecule has 0 aliphatic carbocycles. The number of aliphatic hydroxyl groups is 1. The molecule has 0 aromatic heterocycles. The molecule has 4 N–H and O–H groups in total. The summed E-state index contributed by atoms with van der Waals surface area (Å²) < 4.78 is 13.9. The van der Waals surface area contributed by atoms with Crippen LogP contribution in [0.25, 0.3) is 11.1 Å². The molecule has 140 valence electrons. The summed E-state index contributed by atoms with van der Waals surface area (Å²) in [4.78, 5) is 11.5. The lowest BCUT2D eigenvalue weighted by Gasteiger charge is -2.28. The van der Waals surface area contributed by atoms with Gasteiger partial charge < -0.3 is 15.9 Å². The lowest BCUT2D eigenvalue weighted by Crippen LogP contribution is -2.41. The van der Waals surface area contributed by atoms with Gasteiger partial charge in [0.25, 0.3) is 0 Å². The smallest absolute Gasteiger partial charge is 0.312 e. The molecule has 26 heavy (non-hydrogen) atoms. The summed E-state index contributed by atoms with van der Waals surface area (Å²) in [6.45, 7) is 1.28. The Hall–Kier alpha value is -1.95. The van der Waals surface area contributed by atoms with Gasteiger partial charge in [-0.15, -0.1) is 0 Å². The van der Waals surface area contributed by atoms with Gasteiger partial charge in [0.1, 0.15) is 5.82 Å². The first-order chi connectivity index (χ1) is 12.3. The Morgan fingerprint density at radius 3 is 2.46 bits per heavy atom. The van der Waals surface area contributed by atoms with Crippen LogP contribution < -0.4 is 5.73 Å². The van der Waals surface area contributed by atoms with Crippen molar-refractivity contribution in [1.29, 1.82) is 0 Å². The Bertz CT molecular complexity index is 760. The normalized spacial score (nSPS) is 14.7. The quantitative estimate of drug-likeness (QED) is 0.650. The van der Waals surface area contributed by atoms with Gasteiger partial charge in [0, 0.05) is 16.6 Å². The van der Waals surface area contributed by atoms with Crippen molar-refractivity contribution in [3.05, 3.63) is 58.9 Å². The fraction of sp³-hybridized carbons (Fsp3) is 0.350. The second-order valence-corrected chi connectivity index (χ2v) is 7.02. The number of nitrogens with two attached hydrogens (primary N) is 1. The van der Waals surface area contributed by atoms with E-state index >= 15 is 0 Å². The Morgan fingerprint density at radius 1 is 1.27 bits per heavy atom. The summed E-state index contributed by atoms with van der Waals surface area (Å²) in [5.74, 6) is -1.39. The van der Waals surface area contributed by atoms with E-state index in [2.05, 4.69) is 0 Å². The lowest BCUT2D eigenvalue weighted by molar-refractivity contribution is -0.152. The van der Waals surface area contributed by atoms with Gasteiger partial charge in [-0.05, 0) is 48.6 Å². The molecule has 2 atom stereocenters. The zero-order chi connectivity index (χ0) is 19.3.